The molecule has 4 aromatic rings. The minimum absolute atomic E-state index is 0.469. The average molecular weight is 385 g/mol. The molecule has 0 spiro atoms. The van der Waals surface area contributed by atoms with Crippen LogP contribution in [0.1, 0.15) is 16.8 Å². The summed E-state index contributed by atoms with van der Waals surface area (Å²) in [5, 5.41) is 4.44. The Morgan fingerprint density at radius 3 is 2.48 bits per heavy atom. The lowest BCUT2D eigenvalue weighted by Crippen LogP contribution is -2.14. The normalized spacial score (nSPS) is 10.9. The molecule has 146 valence electrons. The SMILES string of the molecule is Nc1cccc(CNCc2cccc(OCc3ccc4ccc(N)nc4c3)c2)n1. The number of pyridine rings is 2. The number of hydrogen-bond donors (Lipinski definition) is 3. The predicted molar refractivity (Wildman–Crippen MR) is 116 cm³/mol. The van der Waals surface area contributed by atoms with E-state index in [9.17, 15) is 0 Å². The molecule has 2 heterocycles. The fourth-order valence-electron chi connectivity index (χ4n) is 3.11. The van der Waals surface area contributed by atoms with Gasteiger partial charge in [0.25, 0.3) is 0 Å². The molecule has 0 aliphatic heterocycles. The van der Waals surface area contributed by atoms with Crippen molar-refractivity contribution in [2.45, 2.75) is 19.7 Å². The standard InChI is InChI=1S/C23H23N5O/c24-22-6-2-4-19(27-22)14-26-13-16-3-1-5-20(11-16)29-15-17-7-8-18-9-10-23(25)28-21(18)12-17/h1-12,26H,13-15H2,(H2,24,27)(H2,25,28). The number of hydrogen-bond acceptors (Lipinski definition) is 6. The summed E-state index contributed by atoms with van der Waals surface area (Å²) in [6.45, 7) is 1.84. The molecule has 0 amide bonds. The Bertz CT molecular complexity index is 1130. The third kappa shape index (κ3) is 5.00. The van der Waals surface area contributed by atoms with Crippen LogP contribution in [0.5, 0.6) is 5.75 Å². The Balaban J connectivity index is 1.35. The van der Waals surface area contributed by atoms with Crippen LogP contribution < -0.4 is 21.5 Å². The van der Waals surface area contributed by atoms with Gasteiger partial charge < -0.3 is 21.5 Å². The Kier molecular flexibility index (Phi) is 5.54. The molecular formula is C23H23N5O. The fourth-order valence-corrected chi connectivity index (χ4v) is 3.11. The highest BCUT2D eigenvalue weighted by Crippen LogP contribution is 2.19. The van der Waals surface area contributed by atoms with Crippen molar-refractivity contribution in [3.05, 3.63) is 89.6 Å². The van der Waals surface area contributed by atoms with E-state index in [1.54, 1.807) is 12.1 Å². The first kappa shape index (κ1) is 18.7. The Morgan fingerprint density at radius 2 is 1.59 bits per heavy atom. The second-order valence-corrected chi connectivity index (χ2v) is 6.86. The molecule has 4 rings (SSSR count). The van der Waals surface area contributed by atoms with E-state index >= 15 is 0 Å². The predicted octanol–water partition coefficient (Wildman–Crippen LogP) is 3.66. The van der Waals surface area contributed by atoms with Gasteiger partial charge in [0.15, 0.2) is 0 Å². The summed E-state index contributed by atoms with van der Waals surface area (Å²) in [7, 11) is 0. The molecule has 0 fully saturated rings. The second-order valence-electron chi connectivity index (χ2n) is 6.86. The molecule has 0 saturated carbocycles. The van der Waals surface area contributed by atoms with Gasteiger partial charge in [-0.3, -0.25) is 0 Å². The molecule has 0 aliphatic rings. The summed E-state index contributed by atoms with van der Waals surface area (Å²) in [5.74, 6) is 1.88. The van der Waals surface area contributed by atoms with Gasteiger partial charge in [0, 0.05) is 18.5 Å². The van der Waals surface area contributed by atoms with Gasteiger partial charge in [0.05, 0.1) is 11.2 Å². The number of anilines is 2. The summed E-state index contributed by atoms with van der Waals surface area (Å²) in [6, 6.07) is 23.6. The lowest BCUT2D eigenvalue weighted by molar-refractivity contribution is 0.306. The summed E-state index contributed by atoms with van der Waals surface area (Å²) in [6.07, 6.45) is 0. The van der Waals surface area contributed by atoms with E-state index in [-0.39, 0.29) is 0 Å². The van der Waals surface area contributed by atoms with Crippen molar-refractivity contribution in [2.24, 2.45) is 0 Å². The molecule has 0 aliphatic carbocycles. The van der Waals surface area contributed by atoms with Crippen LogP contribution in [0, 0.1) is 0 Å². The molecule has 0 atom stereocenters. The molecule has 0 saturated heterocycles. The molecule has 0 radical (unpaired) electrons. The highest BCUT2D eigenvalue weighted by molar-refractivity contribution is 5.80. The van der Waals surface area contributed by atoms with Crippen molar-refractivity contribution in [2.75, 3.05) is 11.5 Å². The quantitative estimate of drug-likeness (QED) is 0.449. The van der Waals surface area contributed by atoms with Crippen molar-refractivity contribution >= 4 is 22.5 Å². The number of aromatic nitrogens is 2. The highest BCUT2D eigenvalue weighted by Gasteiger charge is 2.02. The van der Waals surface area contributed by atoms with Crippen molar-refractivity contribution in [3.63, 3.8) is 0 Å². The Morgan fingerprint density at radius 1 is 0.759 bits per heavy atom. The monoisotopic (exact) mass is 385 g/mol. The van der Waals surface area contributed by atoms with E-state index in [2.05, 4.69) is 21.4 Å². The third-order valence-corrected chi connectivity index (χ3v) is 4.55. The molecule has 5 N–H and O–H groups in total. The van der Waals surface area contributed by atoms with Gasteiger partial charge in [-0.2, -0.15) is 0 Å². The molecular weight excluding hydrogens is 362 g/mol. The highest BCUT2D eigenvalue weighted by atomic mass is 16.5. The van der Waals surface area contributed by atoms with E-state index in [0.717, 1.165) is 33.5 Å². The lowest BCUT2D eigenvalue weighted by Gasteiger charge is -2.10. The zero-order valence-corrected chi connectivity index (χ0v) is 16.0. The number of nitrogens with zero attached hydrogens (tertiary/aromatic N) is 2. The molecule has 2 aromatic heterocycles. The second kappa shape index (κ2) is 8.58. The van der Waals surface area contributed by atoms with E-state index in [0.29, 0.717) is 31.3 Å². The lowest BCUT2D eigenvalue weighted by atomic mass is 10.1. The van der Waals surface area contributed by atoms with Gasteiger partial charge in [-0.15, -0.1) is 0 Å². The van der Waals surface area contributed by atoms with Gasteiger partial charge in [-0.05, 0) is 53.6 Å². The van der Waals surface area contributed by atoms with Gasteiger partial charge in [-0.25, -0.2) is 9.97 Å². The number of nitrogens with two attached hydrogens (primary N) is 2. The van der Waals surface area contributed by atoms with Crippen LogP contribution in [-0.2, 0) is 19.7 Å². The largest absolute Gasteiger partial charge is 0.489 e. The minimum Gasteiger partial charge on any atom is -0.489 e. The first-order chi connectivity index (χ1) is 14.2. The first-order valence-corrected chi connectivity index (χ1v) is 9.45. The molecule has 0 unspecified atom stereocenters. The van der Waals surface area contributed by atoms with Gasteiger partial charge >= 0.3 is 0 Å². The topological polar surface area (TPSA) is 99.1 Å². The van der Waals surface area contributed by atoms with Crippen molar-refractivity contribution in [3.8, 4) is 5.75 Å². The minimum atomic E-state index is 0.469. The van der Waals surface area contributed by atoms with Crippen molar-refractivity contribution < 1.29 is 4.74 Å². The maximum Gasteiger partial charge on any atom is 0.124 e. The van der Waals surface area contributed by atoms with Crippen LogP contribution in [0.25, 0.3) is 10.9 Å². The summed E-state index contributed by atoms with van der Waals surface area (Å²) >= 11 is 0. The van der Waals surface area contributed by atoms with Crippen molar-refractivity contribution in [1.29, 1.82) is 0 Å². The number of nitrogens with one attached hydrogen (secondary N) is 1. The van der Waals surface area contributed by atoms with E-state index in [4.69, 9.17) is 16.2 Å². The average Bonchev–Trinajstić information content (AvgIpc) is 2.72. The zero-order valence-electron chi connectivity index (χ0n) is 16.0. The maximum absolute atomic E-state index is 5.98. The van der Waals surface area contributed by atoms with Crippen LogP contribution in [0.15, 0.2) is 72.8 Å². The van der Waals surface area contributed by atoms with Gasteiger partial charge in [-0.1, -0.05) is 30.3 Å². The zero-order chi connectivity index (χ0) is 20.1. The van der Waals surface area contributed by atoms with E-state index < -0.39 is 0 Å². The number of rotatable bonds is 7. The number of fused-ring (bicyclic) bond motifs is 1. The maximum atomic E-state index is 5.98. The van der Waals surface area contributed by atoms with Gasteiger partial charge in [0.1, 0.15) is 24.0 Å². The van der Waals surface area contributed by atoms with Crippen LogP contribution in [0.2, 0.25) is 0 Å². The molecule has 6 nitrogen and oxygen atoms in total. The molecule has 0 bridgehead atoms. The molecule has 29 heavy (non-hydrogen) atoms. The number of nitrogen functional groups attached to an aromatic ring is 2. The van der Waals surface area contributed by atoms with E-state index in [1.165, 1.54) is 0 Å². The smallest absolute Gasteiger partial charge is 0.124 e. The third-order valence-electron chi connectivity index (χ3n) is 4.55. The van der Waals surface area contributed by atoms with Crippen LogP contribution in [-0.4, -0.2) is 9.97 Å². The Hall–Kier alpha value is -3.64. The first-order valence-electron chi connectivity index (χ1n) is 9.45. The van der Waals surface area contributed by atoms with Crippen LogP contribution in [0.4, 0.5) is 11.6 Å². The fraction of sp³-hybridized carbons (Fsp3) is 0.130. The number of benzene rings is 2. The van der Waals surface area contributed by atoms with Crippen LogP contribution in [0.3, 0.4) is 0 Å². The van der Waals surface area contributed by atoms with Crippen molar-refractivity contribution in [1.82, 2.24) is 15.3 Å². The van der Waals surface area contributed by atoms with Crippen LogP contribution >= 0.6 is 0 Å². The van der Waals surface area contributed by atoms with Gasteiger partial charge in [0.2, 0.25) is 0 Å². The summed E-state index contributed by atoms with van der Waals surface area (Å²) in [4.78, 5) is 8.66. The molecule has 6 heteroatoms. The Labute approximate surface area is 169 Å². The van der Waals surface area contributed by atoms with E-state index in [1.807, 2.05) is 54.6 Å². The molecule has 2 aromatic carbocycles. The number of ether oxygens (including phenoxy) is 1. The summed E-state index contributed by atoms with van der Waals surface area (Å²) in [5.41, 5.74) is 15.5. The summed E-state index contributed by atoms with van der Waals surface area (Å²) < 4.78 is 5.98.